The predicted molar refractivity (Wildman–Crippen MR) is 180 cm³/mol. The van der Waals surface area contributed by atoms with E-state index in [1.54, 1.807) is 18.6 Å². The lowest BCUT2D eigenvalue weighted by Crippen LogP contribution is -2.47. The van der Waals surface area contributed by atoms with Crippen LogP contribution in [0.3, 0.4) is 0 Å². The number of ether oxygens (including phenoxy) is 1. The smallest absolute Gasteiger partial charge is 0.243 e. The minimum absolute atomic E-state index is 0.0669. The molecular formula is C34H41N9O3. The van der Waals surface area contributed by atoms with E-state index < -0.39 is 0 Å². The quantitative estimate of drug-likeness (QED) is 0.228. The number of hydrogen-bond donors (Lipinski definition) is 3. The van der Waals surface area contributed by atoms with Crippen molar-refractivity contribution in [3.05, 3.63) is 72.8 Å². The number of fused-ring (bicyclic) bond motifs is 1. The van der Waals surface area contributed by atoms with Crippen LogP contribution in [0.2, 0.25) is 0 Å². The van der Waals surface area contributed by atoms with Gasteiger partial charge in [-0.2, -0.15) is 0 Å². The van der Waals surface area contributed by atoms with Gasteiger partial charge in [0, 0.05) is 68.1 Å². The van der Waals surface area contributed by atoms with Crippen LogP contribution in [0.5, 0.6) is 0 Å². The van der Waals surface area contributed by atoms with Crippen molar-refractivity contribution in [3.63, 3.8) is 0 Å². The first-order valence-electron chi connectivity index (χ1n) is 15.8. The van der Waals surface area contributed by atoms with Crippen molar-refractivity contribution >= 4 is 40.0 Å². The SMILES string of the molecule is CN(C)C/C=C/C(=O)NC1CCCN(c2ccnc(CC(=O)Nc3ccc(-c4cc5c(N6CCOCC6)ncnc5[nH]4)cc3)c2)C1. The number of aromatic amines is 1. The molecule has 1 aromatic carbocycles. The molecule has 4 aromatic rings. The Morgan fingerprint density at radius 1 is 1.04 bits per heavy atom. The number of anilines is 3. The molecule has 6 rings (SSSR count). The van der Waals surface area contributed by atoms with Gasteiger partial charge in [0.15, 0.2) is 0 Å². The van der Waals surface area contributed by atoms with Crippen LogP contribution in [0.25, 0.3) is 22.3 Å². The van der Waals surface area contributed by atoms with Crippen LogP contribution < -0.4 is 20.4 Å². The topological polar surface area (TPSA) is 132 Å². The largest absolute Gasteiger partial charge is 0.378 e. The van der Waals surface area contributed by atoms with Crippen LogP contribution in [-0.2, 0) is 20.7 Å². The van der Waals surface area contributed by atoms with Crippen molar-refractivity contribution in [1.29, 1.82) is 0 Å². The van der Waals surface area contributed by atoms with Crippen LogP contribution >= 0.6 is 0 Å². The molecule has 5 heterocycles. The maximum absolute atomic E-state index is 13.0. The third kappa shape index (κ3) is 7.88. The number of piperidine rings is 1. The average molecular weight is 624 g/mol. The van der Waals surface area contributed by atoms with Crippen molar-refractivity contribution in [2.24, 2.45) is 0 Å². The van der Waals surface area contributed by atoms with Crippen LogP contribution in [0.15, 0.2) is 67.1 Å². The molecule has 2 aliphatic rings. The lowest BCUT2D eigenvalue weighted by molar-refractivity contribution is -0.117. The molecular weight excluding hydrogens is 582 g/mol. The Morgan fingerprint density at radius 2 is 1.87 bits per heavy atom. The van der Waals surface area contributed by atoms with E-state index in [1.165, 1.54) is 0 Å². The summed E-state index contributed by atoms with van der Waals surface area (Å²) in [6.07, 6.45) is 8.88. The summed E-state index contributed by atoms with van der Waals surface area (Å²) in [6, 6.07) is 13.8. The van der Waals surface area contributed by atoms with Crippen molar-refractivity contribution in [1.82, 2.24) is 30.2 Å². The highest BCUT2D eigenvalue weighted by Gasteiger charge is 2.22. The third-order valence-corrected chi connectivity index (χ3v) is 8.21. The van der Waals surface area contributed by atoms with Crippen LogP contribution in [0.1, 0.15) is 18.5 Å². The van der Waals surface area contributed by atoms with E-state index in [9.17, 15) is 9.59 Å². The van der Waals surface area contributed by atoms with Gasteiger partial charge in [0.25, 0.3) is 0 Å². The number of morpholine rings is 1. The molecule has 1 atom stereocenters. The van der Waals surface area contributed by atoms with Crippen LogP contribution in [-0.4, -0.2) is 103 Å². The fraction of sp³-hybridized carbons (Fsp3) is 0.382. The van der Waals surface area contributed by atoms with Crippen molar-refractivity contribution < 1.29 is 14.3 Å². The standard InChI is InChI=1S/C34H41N9O3/c1-41(2)13-4-6-31(44)39-26-5-3-14-43(22-26)28-11-12-35-27(19-28)20-32(45)38-25-9-7-24(8-10-25)30-21-29-33(40-30)36-23-37-34(29)42-15-17-46-18-16-42/h4,6-12,19,21,23,26H,3,5,13-18,20,22H2,1-2H3,(H,38,45)(H,39,44)(H,36,37,40)/b6-4+. The highest BCUT2D eigenvalue weighted by atomic mass is 16.5. The normalized spacial score (nSPS) is 17.2. The van der Waals surface area contributed by atoms with E-state index in [2.05, 4.69) is 46.4 Å². The molecule has 2 amide bonds. The van der Waals surface area contributed by atoms with Crippen molar-refractivity contribution in [3.8, 4) is 11.3 Å². The van der Waals surface area contributed by atoms with E-state index >= 15 is 0 Å². The van der Waals surface area contributed by atoms with E-state index in [0.717, 1.165) is 72.8 Å². The van der Waals surface area contributed by atoms with Crippen LogP contribution in [0, 0.1) is 0 Å². The molecule has 0 spiro atoms. The molecule has 12 nitrogen and oxygen atoms in total. The lowest BCUT2D eigenvalue weighted by Gasteiger charge is -2.34. The van der Waals surface area contributed by atoms with E-state index in [1.807, 2.05) is 61.5 Å². The lowest BCUT2D eigenvalue weighted by atomic mass is 10.0. The van der Waals surface area contributed by atoms with E-state index in [-0.39, 0.29) is 24.3 Å². The summed E-state index contributed by atoms with van der Waals surface area (Å²) in [5.41, 5.74) is 5.12. The molecule has 12 heteroatoms. The zero-order valence-electron chi connectivity index (χ0n) is 26.4. The monoisotopic (exact) mass is 623 g/mol. The van der Waals surface area contributed by atoms with Crippen molar-refractivity contribution in [2.45, 2.75) is 25.3 Å². The van der Waals surface area contributed by atoms with Gasteiger partial charge in [-0.25, -0.2) is 9.97 Å². The Balaban J connectivity index is 1.04. The molecule has 240 valence electrons. The second-order valence-corrected chi connectivity index (χ2v) is 12.0. The minimum atomic E-state index is -0.137. The Hall–Kier alpha value is -4.81. The second-order valence-electron chi connectivity index (χ2n) is 12.0. The number of rotatable bonds is 10. The fourth-order valence-corrected chi connectivity index (χ4v) is 5.92. The Labute approximate surface area is 268 Å². The number of amides is 2. The molecule has 0 aliphatic carbocycles. The van der Waals surface area contributed by atoms with Gasteiger partial charge in [-0.3, -0.25) is 14.6 Å². The number of hydrogen-bond acceptors (Lipinski definition) is 9. The molecule has 2 fully saturated rings. The number of nitrogens with zero attached hydrogens (tertiary/aromatic N) is 6. The number of aromatic nitrogens is 4. The predicted octanol–water partition coefficient (Wildman–Crippen LogP) is 3.24. The molecule has 0 bridgehead atoms. The molecule has 0 saturated carbocycles. The Bertz CT molecular complexity index is 1680. The van der Waals surface area contributed by atoms with Crippen LogP contribution in [0.4, 0.5) is 17.2 Å². The summed E-state index contributed by atoms with van der Waals surface area (Å²) < 4.78 is 5.50. The molecule has 1 unspecified atom stereocenters. The van der Waals surface area contributed by atoms with Gasteiger partial charge in [0.05, 0.1) is 30.7 Å². The molecule has 2 saturated heterocycles. The maximum atomic E-state index is 13.0. The Kier molecular flexibility index (Phi) is 9.85. The summed E-state index contributed by atoms with van der Waals surface area (Å²) in [5, 5.41) is 7.10. The average Bonchev–Trinajstić information content (AvgIpc) is 3.50. The molecule has 0 radical (unpaired) electrons. The van der Waals surface area contributed by atoms with Gasteiger partial charge >= 0.3 is 0 Å². The first-order chi connectivity index (χ1) is 22.4. The first-order valence-corrected chi connectivity index (χ1v) is 15.8. The number of benzene rings is 1. The summed E-state index contributed by atoms with van der Waals surface area (Å²) in [7, 11) is 3.94. The van der Waals surface area contributed by atoms with Gasteiger partial charge in [-0.1, -0.05) is 18.2 Å². The number of carbonyl (C=O) groups is 2. The van der Waals surface area contributed by atoms with Gasteiger partial charge in [0.1, 0.15) is 17.8 Å². The zero-order valence-corrected chi connectivity index (χ0v) is 26.4. The number of nitrogens with one attached hydrogen (secondary N) is 3. The molecule has 3 N–H and O–H groups in total. The van der Waals surface area contributed by atoms with E-state index in [4.69, 9.17) is 4.74 Å². The van der Waals surface area contributed by atoms with Gasteiger partial charge in [0.2, 0.25) is 11.8 Å². The van der Waals surface area contributed by atoms with Gasteiger partial charge in [-0.05, 0) is 62.8 Å². The number of H-pyrrole nitrogens is 1. The minimum Gasteiger partial charge on any atom is -0.378 e. The van der Waals surface area contributed by atoms with Crippen molar-refractivity contribution in [2.75, 3.05) is 75.1 Å². The summed E-state index contributed by atoms with van der Waals surface area (Å²) in [4.78, 5) is 48.6. The zero-order chi connectivity index (χ0) is 31.9. The first kappa shape index (κ1) is 31.2. The third-order valence-electron chi connectivity index (χ3n) is 8.21. The van der Waals surface area contributed by atoms with Gasteiger partial charge < -0.3 is 35.1 Å². The number of carbonyl (C=O) groups excluding carboxylic acids is 2. The molecule has 2 aliphatic heterocycles. The number of pyridine rings is 1. The summed E-state index contributed by atoms with van der Waals surface area (Å²) in [6.45, 7) is 5.31. The second kappa shape index (κ2) is 14.5. The summed E-state index contributed by atoms with van der Waals surface area (Å²) in [5.74, 6) is 0.705. The fourth-order valence-electron chi connectivity index (χ4n) is 5.92. The highest BCUT2D eigenvalue weighted by Crippen LogP contribution is 2.30. The molecule has 3 aromatic heterocycles. The molecule has 46 heavy (non-hydrogen) atoms. The summed E-state index contributed by atoms with van der Waals surface area (Å²) >= 11 is 0. The van der Waals surface area contributed by atoms with E-state index in [0.29, 0.717) is 31.1 Å². The highest BCUT2D eigenvalue weighted by molar-refractivity contribution is 5.94. The number of likely N-dealkylation sites (N-methyl/N-ethyl adjacent to an activating group) is 1. The van der Waals surface area contributed by atoms with Gasteiger partial charge in [-0.15, -0.1) is 0 Å². The Morgan fingerprint density at radius 3 is 2.67 bits per heavy atom. The maximum Gasteiger partial charge on any atom is 0.243 e.